The van der Waals surface area contributed by atoms with Crippen molar-refractivity contribution in [3.8, 4) is 0 Å². The summed E-state index contributed by atoms with van der Waals surface area (Å²) in [5.74, 6) is 1.13. The van der Waals surface area contributed by atoms with Gasteiger partial charge in [0, 0.05) is 12.5 Å². The van der Waals surface area contributed by atoms with E-state index in [0.29, 0.717) is 0 Å². The maximum Gasteiger partial charge on any atom is 0.106 e. The lowest BCUT2D eigenvalue weighted by Crippen LogP contribution is -2.28. The highest BCUT2D eigenvalue weighted by Crippen LogP contribution is 2.30. The number of ether oxygens (including phenoxy) is 1. The number of nitrogens with two attached hydrogens (primary N) is 1. The van der Waals surface area contributed by atoms with Crippen molar-refractivity contribution in [2.24, 2.45) is 11.7 Å². The minimum Gasteiger partial charge on any atom is -0.364 e. The molecule has 0 amide bonds. The Balaban J connectivity index is 1.56. The topological polar surface area (TPSA) is 35.2 Å². The number of benzene rings is 2. The molecule has 1 saturated carbocycles. The second kappa shape index (κ2) is 9.74. The second-order valence-electron chi connectivity index (χ2n) is 7.31. The van der Waals surface area contributed by atoms with Crippen LogP contribution in [0.3, 0.4) is 0 Å². The molecule has 0 heterocycles. The SMILES string of the molecule is NC(CC(c1ccccc1)c1ccccc1)OCCC1CCCCC1. The van der Waals surface area contributed by atoms with Gasteiger partial charge >= 0.3 is 0 Å². The van der Waals surface area contributed by atoms with Gasteiger partial charge in [-0.1, -0.05) is 92.8 Å². The van der Waals surface area contributed by atoms with Gasteiger partial charge in [-0.05, 0) is 29.9 Å². The Morgan fingerprint density at radius 1 is 0.840 bits per heavy atom. The van der Waals surface area contributed by atoms with Crippen molar-refractivity contribution in [3.63, 3.8) is 0 Å². The zero-order chi connectivity index (χ0) is 17.3. The Morgan fingerprint density at radius 3 is 1.96 bits per heavy atom. The van der Waals surface area contributed by atoms with Crippen LogP contribution in [0.15, 0.2) is 60.7 Å². The summed E-state index contributed by atoms with van der Waals surface area (Å²) >= 11 is 0. The summed E-state index contributed by atoms with van der Waals surface area (Å²) in [7, 11) is 0. The molecule has 0 aliphatic heterocycles. The van der Waals surface area contributed by atoms with Crippen molar-refractivity contribution in [1.29, 1.82) is 0 Å². The Bertz CT molecular complexity index is 553. The van der Waals surface area contributed by atoms with Crippen LogP contribution in [-0.4, -0.2) is 12.8 Å². The average Bonchev–Trinajstić information content (AvgIpc) is 2.68. The lowest BCUT2D eigenvalue weighted by Gasteiger charge is -2.24. The summed E-state index contributed by atoms with van der Waals surface area (Å²) in [6.07, 6.45) is 8.70. The van der Waals surface area contributed by atoms with E-state index in [0.717, 1.165) is 25.4 Å². The minimum absolute atomic E-state index is 0.214. The third-order valence-corrected chi connectivity index (χ3v) is 5.45. The Kier molecular flexibility index (Phi) is 7.08. The minimum atomic E-state index is -0.214. The predicted molar refractivity (Wildman–Crippen MR) is 104 cm³/mol. The first-order valence-electron chi connectivity index (χ1n) is 9.80. The van der Waals surface area contributed by atoms with Gasteiger partial charge in [-0.3, -0.25) is 0 Å². The van der Waals surface area contributed by atoms with Crippen LogP contribution in [0.1, 0.15) is 62.0 Å². The fourth-order valence-corrected chi connectivity index (χ4v) is 4.00. The van der Waals surface area contributed by atoms with Gasteiger partial charge in [0.1, 0.15) is 6.23 Å². The van der Waals surface area contributed by atoms with Crippen molar-refractivity contribution in [1.82, 2.24) is 0 Å². The van der Waals surface area contributed by atoms with E-state index in [1.807, 2.05) is 0 Å². The average molecular weight is 338 g/mol. The summed E-state index contributed by atoms with van der Waals surface area (Å²) in [4.78, 5) is 0. The third kappa shape index (κ3) is 5.69. The smallest absolute Gasteiger partial charge is 0.106 e. The van der Waals surface area contributed by atoms with Crippen LogP contribution in [0.5, 0.6) is 0 Å². The highest BCUT2D eigenvalue weighted by molar-refractivity contribution is 5.32. The van der Waals surface area contributed by atoms with Gasteiger partial charge < -0.3 is 10.5 Å². The van der Waals surface area contributed by atoms with Crippen molar-refractivity contribution in [2.75, 3.05) is 6.61 Å². The molecule has 1 aliphatic rings. The van der Waals surface area contributed by atoms with Crippen LogP contribution in [0, 0.1) is 5.92 Å². The summed E-state index contributed by atoms with van der Waals surface area (Å²) in [5.41, 5.74) is 8.95. The number of hydrogen-bond acceptors (Lipinski definition) is 2. The predicted octanol–water partition coefficient (Wildman–Crippen LogP) is 5.48. The van der Waals surface area contributed by atoms with Crippen LogP contribution in [0.4, 0.5) is 0 Å². The van der Waals surface area contributed by atoms with E-state index in [-0.39, 0.29) is 12.1 Å². The van der Waals surface area contributed by atoms with Crippen LogP contribution in [0.2, 0.25) is 0 Å². The Hall–Kier alpha value is -1.64. The molecule has 2 aromatic carbocycles. The summed E-state index contributed by atoms with van der Waals surface area (Å²) in [6.45, 7) is 0.794. The van der Waals surface area contributed by atoms with Crippen molar-refractivity contribution in [2.45, 2.75) is 57.1 Å². The zero-order valence-electron chi connectivity index (χ0n) is 15.1. The lowest BCUT2D eigenvalue weighted by atomic mass is 9.87. The molecule has 0 spiro atoms. The molecule has 1 atom stereocenters. The lowest BCUT2D eigenvalue weighted by molar-refractivity contribution is 0.0380. The van der Waals surface area contributed by atoms with Gasteiger partial charge in [0.2, 0.25) is 0 Å². The standard InChI is InChI=1S/C23H31NO/c24-23(25-17-16-19-10-4-1-5-11-19)18-22(20-12-6-2-7-13-20)21-14-8-3-9-15-21/h2-3,6-9,12-15,19,22-23H,1,4-5,10-11,16-18,24H2. The van der Waals surface area contributed by atoms with Gasteiger partial charge in [-0.25, -0.2) is 0 Å². The largest absolute Gasteiger partial charge is 0.364 e. The van der Waals surface area contributed by atoms with Gasteiger partial charge in [0.25, 0.3) is 0 Å². The van der Waals surface area contributed by atoms with Crippen molar-refractivity contribution < 1.29 is 4.74 Å². The Labute approximate surface area is 152 Å². The molecule has 2 heteroatoms. The van der Waals surface area contributed by atoms with Gasteiger partial charge in [0.05, 0.1) is 0 Å². The molecular weight excluding hydrogens is 306 g/mol. The van der Waals surface area contributed by atoms with Crippen LogP contribution in [0.25, 0.3) is 0 Å². The zero-order valence-corrected chi connectivity index (χ0v) is 15.1. The van der Waals surface area contributed by atoms with Crippen molar-refractivity contribution in [3.05, 3.63) is 71.8 Å². The molecule has 134 valence electrons. The fourth-order valence-electron chi connectivity index (χ4n) is 4.00. The first-order valence-corrected chi connectivity index (χ1v) is 9.80. The maximum atomic E-state index is 6.34. The highest BCUT2D eigenvalue weighted by atomic mass is 16.5. The highest BCUT2D eigenvalue weighted by Gasteiger charge is 2.19. The van der Waals surface area contributed by atoms with E-state index >= 15 is 0 Å². The first kappa shape index (κ1) is 18.2. The molecule has 0 bridgehead atoms. The van der Waals surface area contributed by atoms with Crippen LogP contribution < -0.4 is 5.73 Å². The van der Waals surface area contributed by atoms with Crippen LogP contribution in [-0.2, 0) is 4.74 Å². The molecule has 1 unspecified atom stereocenters. The quantitative estimate of drug-likeness (QED) is 0.647. The summed E-state index contributed by atoms with van der Waals surface area (Å²) < 4.78 is 6.00. The first-order chi connectivity index (χ1) is 12.3. The van der Waals surface area contributed by atoms with E-state index in [4.69, 9.17) is 10.5 Å². The maximum absolute atomic E-state index is 6.34. The molecule has 1 aliphatic carbocycles. The summed E-state index contributed by atoms with van der Waals surface area (Å²) in [6, 6.07) is 21.3. The Morgan fingerprint density at radius 2 is 1.40 bits per heavy atom. The third-order valence-electron chi connectivity index (χ3n) is 5.45. The fraction of sp³-hybridized carbons (Fsp3) is 0.478. The molecule has 1 fully saturated rings. The molecule has 25 heavy (non-hydrogen) atoms. The van der Waals surface area contributed by atoms with Crippen molar-refractivity contribution >= 4 is 0 Å². The molecule has 3 rings (SSSR count). The molecule has 0 saturated heterocycles. The second-order valence-corrected chi connectivity index (χ2v) is 7.31. The molecular formula is C23H31NO. The molecule has 2 nitrogen and oxygen atoms in total. The summed E-state index contributed by atoms with van der Waals surface area (Å²) in [5, 5.41) is 0. The molecule has 2 N–H and O–H groups in total. The van der Waals surface area contributed by atoms with E-state index in [1.54, 1.807) is 0 Å². The number of rotatable bonds is 8. The van der Waals surface area contributed by atoms with E-state index in [2.05, 4.69) is 60.7 Å². The molecule has 0 aromatic heterocycles. The molecule has 2 aromatic rings. The van der Waals surface area contributed by atoms with Gasteiger partial charge in [-0.2, -0.15) is 0 Å². The number of hydrogen-bond donors (Lipinski definition) is 1. The van der Waals surface area contributed by atoms with E-state index < -0.39 is 0 Å². The van der Waals surface area contributed by atoms with Gasteiger partial charge in [-0.15, -0.1) is 0 Å². The normalized spacial score (nSPS) is 16.9. The monoisotopic (exact) mass is 337 g/mol. The van der Waals surface area contributed by atoms with E-state index in [1.165, 1.54) is 43.2 Å². The molecule has 0 radical (unpaired) electrons. The van der Waals surface area contributed by atoms with E-state index in [9.17, 15) is 0 Å². The van der Waals surface area contributed by atoms with Gasteiger partial charge in [0.15, 0.2) is 0 Å². The van der Waals surface area contributed by atoms with Crippen LogP contribution >= 0.6 is 0 Å².